The second-order valence-electron chi connectivity index (χ2n) is 4.58. The molecule has 2 rings (SSSR count). The summed E-state index contributed by atoms with van der Waals surface area (Å²) >= 11 is 0. The van der Waals surface area contributed by atoms with Crippen molar-refractivity contribution in [3.8, 4) is 0 Å². The Labute approximate surface area is 118 Å². The normalized spacial score (nSPS) is 36.8. The molecule has 0 aromatic carbocycles. The van der Waals surface area contributed by atoms with E-state index in [1.807, 2.05) is 0 Å². The third-order valence-corrected chi connectivity index (χ3v) is 3.16. The third kappa shape index (κ3) is 2.21. The van der Waals surface area contributed by atoms with Gasteiger partial charge in [-0.05, 0) is 12.5 Å². The number of nitrogens with one attached hydrogen (secondary N) is 1. The monoisotopic (exact) mass is 303 g/mol. The molecule has 21 heavy (non-hydrogen) atoms. The van der Waals surface area contributed by atoms with Crippen molar-refractivity contribution < 1.29 is 22.1 Å². The fourth-order valence-corrected chi connectivity index (χ4v) is 2.08. The first-order chi connectivity index (χ1) is 10.6. The minimum absolute atomic E-state index is 0.289. The summed E-state index contributed by atoms with van der Waals surface area (Å²) in [6, 6.07) is -0.927. The zero-order valence-electron chi connectivity index (χ0n) is 12.6. The Morgan fingerprint density at radius 2 is 2.43 bits per heavy atom. The van der Waals surface area contributed by atoms with Gasteiger partial charge in [0.2, 0.25) is 5.72 Å². The van der Waals surface area contributed by atoms with E-state index in [2.05, 4.69) is 10.0 Å². The van der Waals surface area contributed by atoms with Gasteiger partial charge in [-0.1, -0.05) is 5.11 Å². The molecule has 0 aliphatic carbocycles. The van der Waals surface area contributed by atoms with Crippen LogP contribution in [0, 0.1) is 0 Å². The number of H-pyrrole nitrogens is 1. The fourth-order valence-electron chi connectivity index (χ4n) is 2.08. The number of aliphatic hydroxyl groups is 2. The van der Waals surface area contributed by atoms with E-state index in [0.29, 0.717) is 0 Å². The van der Waals surface area contributed by atoms with Crippen LogP contribution in [-0.2, 0) is 4.74 Å². The summed E-state index contributed by atoms with van der Waals surface area (Å²) in [6.07, 6.45) is -5.15. The number of ether oxygens (including phenoxy) is 1. The van der Waals surface area contributed by atoms with E-state index < -0.39 is 53.8 Å². The van der Waals surface area contributed by atoms with Crippen LogP contribution in [0.25, 0.3) is 10.4 Å². The molecule has 0 radical (unpaired) electrons. The maximum atomic E-state index is 14.9. The van der Waals surface area contributed by atoms with Crippen LogP contribution >= 0.6 is 0 Å². The minimum Gasteiger partial charge on any atom is -0.393 e. The number of hydrogen-bond acceptors (Lipinski definition) is 6. The quantitative estimate of drug-likeness (QED) is 0.377. The molecule has 0 amide bonds. The van der Waals surface area contributed by atoms with Gasteiger partial charge in [0.05, 0.1) is 9.35 Å². The minimum atomic E-state index is -2.78. The van der Waals surface area contributed by atoms with E-state index in [9.17, 15) is 24.2 Å². The number of rotatable bonds is 3. The maximum absolute atomic E-state index is 14.9. The van der Waals surface area contributed by atoms with Gasteiger partial charge < -0.3 is 14.9 Å². The Morgan fingerprint density at radius 1 is 1.76 bits per heavy atom. The molecule has 1 aliphatic rings. The number of alkyl halides is 1. The number of aliphatic hydroxyl groups excluding tert-OH is 2. The van der Waals surface area contributed by atoms with Crippen LogP contribution in [0.5, 0.6) is 0 Å². The molecule has 1 aromatic rings. The average molecular weight is 303 g/mol. The molecule has 0 bridgehead atoms. The molecule has 2 heterocycles. The second kappa shape index (κ2) is 4.97. The average Bonchev–Trinajstić information content (AvgIpc) is 2.67. The van der Waals surface area contributed by atoms with Crippen molar-refractivity contribution in [3.05, 3.63) is 43.5 Å². The fraction of sp³-hybridized carbons (Fsp3) is 0.600. The van der Waals surface area contributed by atoms with Crippen LogP contribution in [0.3, 0.4) is 0 Å². The number of aromatic nitrogens is 2. The van der Waals surface area contributed by atoms with Crippen molar-refractivity contribution in [2.75, 3.05) is 6.61 Å². The van der Waals surface area contributed by atoms with Crippen LogP contribution in [0.4, 0.5) is 4.39 Å². The predicted molar refractivity (Wildman–Crippen MR) is 65.9 cm³/mol. The number of aromatic amines is 1. The summed E-state index contributed by atoms with van der Waals surface area (Å²) in [7, 11) is 0. The predicted octanol–water partition coefficient (Wildman–Crippen LogP) is -0.847. The van der Waals surface area contributed by atoms with Gasteiger partial charge in [-0.25, -0.2) is 9.18 Å². The molecule has 1 aromatic heterocycles. The van der Waals surface area contributed by atoms with Crippen LogP contribution in [0.2, 0.25) is 0 Å². The van der Waals surface area contributed by atoms with Crippen molar-refractivity contribution >= 4 is 0 Å². The molecular weight excluding hydrogens is 289 g/mol. The molecule has 0 saturated carbocycles. The third-order valence-electron chi connectivity index (χ3n) is 3.16. The largest absolute Gasteiger partial charge is 0.393 e. The zero-order chi connectivity index (χ0) is 17.6. The first-order valence-electron chi connectivity index (χ1n) is 6.66. The van der Waals surface area contributed by atoms with Crippen molar-refractivity contribution in [1.82, 2.24) is 9.55 Å². The standard InChI is InChI=1S/C10H12FN5O5/c1-9(11)6(19)10(4-17,14-15-12)21-7(9)16-3-2-5(18)13-8(16)20/h2-3,6-7,17,19H,4H2,1H3,(H,13,18,20)/t6?,7-,9-,10-/m1/s1/i2D,3D. The van der Waals surface area contributed by atoms with Gasteiger partial charge in [0, 0.05) is 17.1 Å². The lowest BCUT2D eigenvalue weighted by atomic mass is 9.95. The van der Waals surface area contributed by atoms with Gasteiger partial charge in [-0.15, -0.1) is 0 Å². The SMILES string of the molecule is [2H]c1c([2H])n([C@@H]2O[C@@](CO)(N=[N+]=[N-])C(O)[C@@]2(C)F)c(=O)[nH]c1=O. The maximum Gasteiger partial charge on any atom is 0.330 e. The molecule has 1 aliphatic heterocycles. The molecule has 3 N–H and O–H groups in total. The lowest BCUT2D eigenvalue weighted by Gasteiger charge is -2.26. The zero-order valence-corrected chi connectivity index (χ0v) is 10.6. The van der Waals surface area contributed by atoms with Gasteiger partial charge in [0.15, 0.2) is 11.9 Å². The highest BCUT2D eigenvalue weighted by atomic mass is 19.1. The molecule has 1 saturated heterocycles. The number of azide groups is 1. The molecule has 1 fully saturated rings. The molecular formula is C10H12FN5O5. The van der Waals surface area contributed by atoms with Crippen LogP contribution in [-0.4, -0.2) is 43.9 Å². The topological polar surface area (TPSA) is 153 Å². The van der Waals surface area contributed by atoms with E-state index in [-0.39, 0.29) is 4.57 Å². The molecule has 1 unspecified atom stereocenters. The lowest BCUT2D eigenvalue weighted by Crippen LogP contribution is -2.48. The van der Waals surface area contributed by atoms with Crippen LogP contribution in [0.15, 0.2) is 26.9 Å². The highest BCUT2D eigenvalue weighted by Gasteiger charge is 2.63. The summed E-state index contributed by atoms with van der Waals surface area (Å²) in [5.74, 6) is 0. The summed E-state index contributed by atoms with van der Waals surface area (Å²) in [4.78, 5) is 27.2. The number of hydrogen-bond donors (Lipinski definition) is 3. The molecule has 11 heteroatoms. The highest BCUT2D eigenvalue weighted by Crippen LogP contribution is 2.46. The Kier molecular flexibility index (Phi) is 2.97. The highest BCUT2D eigenvalue weighted by molar-refractivity contribution is 5.07. The molecule has 0 spiro atoms. The first-order valence-corrected chi connectivity index (χ1v) is 5.66. The van der Waals surface area contributed by atoms with Crippen molar-refractivity contribution in [3.63, 3.8) is 0 Å². The van der Waals surface area contributed by atoms with Crippen molar-refractivity contribution in [1.29, 1.82) is 0 Å². The molecule has 114 valence electrons. The molecule has 10 nitrogen and oxygen atoms in total. The van der Waals surface area contributed by atoms with Gasteiger partial charge in [0.25, 0.3) is 5.56 Å². The van der Waals surface area contributed by atoms with E-state index in [4.69, 9.17) is 13.0 Å². The Bertz CT molecular complexity index is 804. The first kappa shape index (κ1) is 12.5. The smallest absolute Gasteiger partial charge is 0.330 e. The Morgan fingerprint density at radius 3 is 3.00 bits per heavy atom. The number of nitrogens with zero attached hydrogens (tertiary/aromatic N) is 4. The van der Waals surface area contributed by atoms with E-state index >= 15 is 0 Å². The summed E-state index contributed by atoms with van der Waals surface area (Å²) in [6.45, 7) is -0.305. The van der Waals surface area contributed by atoms with Gasteiger partial charge in [-0.3, -0.25) is 14.3 Å². The summed E-state index contributed by atoms with van der Waals surface area (Å²) in [5, 5.41) is 22.4. The molecule has 4 atom stereocenters. The van der Waals surface area contributed by atoms with Crippen LogP contribution < -0.4 is 11.2 Å². The van der Waals surface area contributed by atoms with E-state index in [0.717, 1.165) is 6.92 Å². The van der Waals surface area contributed by atoms with E-state index in [1.54, 1.807) is 4.98 Å². The summed E-state index contributed by atoms with van der Waals surface area (Å²) in [5.41, 5.74) is 0.897. The van der Waals surface area contributed by atoms with Gasteiger partial charge in [0.1, 0.15) is 6.10 Å². The Hall–Kier alpha value is -2.20. The van der Waals surface area contributed by atoms with Crippen molar-refractivity contribution in [2.24, 2.45) is 5.11 Å². The van der Waals surface area contributed by atoms with Gasteiger partial charge >= 0.3 is 5.69 Å². The van der Waals surface area contributed by atoms with Crippen LogP contribution in [0.1, 0.15) is 15.9 Å². The second-order valence-corrected chi connectivity index (χ2v) is 4.58. The summed E-state index contributed by atoms with van der Waals surface area (Å²) < 4.78 is 35.2. The number of halogens is 1. The van der Waals surface area contributed by atoms with Gasteiger partial charge in [-0.2, -0.15) is 0 Å². The van der Waals surface area contributed by atoms with Crippen molar-refractivity contribution in [2.45, 2.75) is 30.6 Å². The Balaban J connectivity index is 2.71. The lowest BCUT2D eigenvalue weighted by molar-refractivity contribution is -0.125. The van der Waals surface area contributed by atoms with E-state index in [1.165, 1.54) is 0 Å².